The largest absolute Gasteiger partial charge is 0.510 e. The number of nitrogens with two attached hydrogens (primary N) is 1. The number of benzene rings is 2. The van der Waals surface area contributed by atoms with Gasteiger partial charge >= 0.3 is 0 Å². The van der Waals surface area contributed by atoms with Gasteiger partial charge in [-0.05, 0) is 62.1 Å². The van der Waals surface area contributed by atoms with Crippen molar-refractivity contribution in [3.63, 3.8) is 0 Å². The summed E-state index contributed by atoms with van der Waals surface area (Å²) in [5, 5.41) is 37.2. The molecule has 5 N–H and O–H groups in total. The SMILES string of the molecule is Cc1ccc(-c2cc(N(C)C)c3c(c2O)C(=O)C2=C(O)[C@]4(N=O)C(=O)C(C(N)=O)=C(O)[C@@H](N(C)C)[C@@H]4C[C@@H]2C3)cc1. The molecule has 5 rings (SSSR count). The van der Waals surface area contributed by atoms with Crippen LogP contribution < -0.4 is 10.6 Å². The number of allylic oxidation sites excluding steroid dienone is 1. The summed E-state index contributed by atoms with van der Waals surface area (Å²) in [4.78, 5) is 56.0. The first-order chi connectivity index (χ1) is 19.3. The van der Waals surface area contributed by atoms with Crippen molar-refractivity contribution in [1.29, 1.82) is 0 Å². The second-order valence-electron chi connectivity index (χ2n) is 11.5. The maximum atomic E-state index is 14.2. The summed E-state index contributed by atoms with van der Waals surface area (Å²) in [6, 6.07) is 8.15. The summed E-state index contributed by atoms with van der Waals surface area (Å²) in [5.41, 5.74) is 5.10. The van der Waals surface area contributed by atoms with Crippen LogP contribution in [0.4, 0.5) is 5.69 Å². The number of hydrogen-bond donors (Lipinski definition) is 4. The fourth-order valence-electron chi connectivity index (χ4n) is 6.80. The maximum Gasteiger partial charge on any atom is 0.255 e. The smallest absolute Gasteiger partial charge is 0.255 e. The number of likely N-dealkylation sites (N-methyl/N-ethyl adjacent to an activating group) is 1. The van der Waals surface area contributed by atoms with Gasteiger partial charge in [-0.25, -0.2) is 0 Å². The number of phenolic OH excluding ortho intramolecular Hbond substituents is 1. The van der Waals surface area contributed by atoms with Gasteiger partial charge in [-0.15, -0.1) is 4.91 Å². The molecule has 41 heavy (non-hydrogen) atoms. The Morgan fingerprint density at radius 1 is 1.07 bits per heavy atom. The first kappa shape index (κ1) is 28.0. The number of aryl methyl sites for hydroxylation is 1. The first-order valence-electron chi connectivity index (χ1n) is 13.2. The van der Waals surface area contributed by atoms with Gasteiger partial charge in [0.05, 0.1) is 11.6 Å². The molecule has 11 nitrogen and oxygen atoms in total. The number of aromatic hydroxyl groups is 1. The number of nitroso groups, excluding NO2 is 1. The van der Waals surface area contributed by atoms with Crippen molar-refractivity contribution in [1.82, 2.24) is 4.90 Å². The van der Waals surface area contributed by atoms with Gasteiger partial charge in [0.2, 0.25) is 11.3 Å². The van der Waals surface area contributed by atoms with Crippen LogP contribution in [0.15, 0.2) is 58.2 Å². The number of anilines is 1. The molecule has 3 aliphatic rings. The van der Waals surface area contributed by atoms with E-state index in [4.69, 9.17) is 5.73 Å². The molecule has 4 atom stereocenters. The molecular weight excluding hydrogens is 528 g/mol. The Hall–Kier alpha value is -4.51. The van der Waals surface area contributed by atoms with Gasteiger partial charge < -0.3 is 26.0 Å². The number of carbonyl (C=O) groups excluding carboxylic acids is 3. The summed E-state index contributed by atoms with van der Waals surface area (Å²) < 4.78 is 0. The van der Waals surface area contributed by atoms with Crippen molar-refractivity contribution in [2.24, 2.45) is 22.7 Å². The minimum atomic E-state index is -2.56. The van der Waals surface area contributed by atoms with E-state index in [9.17, 15) is 34.6 Å². The molecule has 0 heterocycles. The first-order valence-corrected chi connectivity index (χ1v) is 13.2. The lowest BCUT2D eigenvalue weighted by Gasteiger charge is -2.49. The molecule has 11 heteroatoms. The number of aliphatic hydroxyl groups is 2. The van der Waals surface area contributed by atoms with Gasteiger partial charge in [0.1, 0.15) is 22.8 Å². The molecule has 0 fully saturated rings. The monoisotopic (exact) mass is 560 g/mol. The van der Waals surface area contributed by atoms with E-state index in [0.29, 0.717) is 22.4 Å². The van der Waals surface area contributed by atoms with Crippen molar-refractivity contribution >= 4 is 23.2 Å². The lowest BCUT2D eigenvalue weighted by molar-refractivity contribution is -0.129. The number of phenols is 1. The number of fused-ring (bicyclic) bond motifs is 3. The third kappa shape index (κ3) is 3.79. The van der Waals surface area contributed by atoms with Crippen LogP contribution in [0.1, 0.15) is 27.9 Å². The minimum absolute atomic E-state index is 0.00828. The highest BCUT2D eigenvalue weighted by Crippen LogP contribution is 2.55. The lowest BCUT2D eigenvalue weighted by Crippen LogP contribution is -2.62. The quantitative estimate of drug-likeness (QED) is 0.317. The second kappa shape index (κ2) is 9.55. The Labute approximate surface area is 236 Å². The van der Waals surface area contributed by atoms with E-state index < -0.39 is 58.0 Å². The zero-order valence-corrected chi connectivity index (χ0v) is 23.4. The van der Waals surface area contributed by atoms with Crippen LogP contribution >= 0.6 is 0 Å². The number of ketones is 2. The predicted octanol–water partition coefficient (Wildman–Crippen LogP) is 2.94. The second-order valence-corrected chi connectivity index (χ2v) is 11.5. The van der Waals surface area contributed by atoms with Gasteiger partial charge in [0.15, 0.2) is 5.78 Å². The highest BCUT2D eigenvalue weighted by molar-refractivity contribution is 6.25. The zero-order valence-electron chi connectivity index (χ0n) is 23.4. The van der Waals surface area contributed by atoms with E-state index in [1.807, 2.05) is 50.2 Å². The Kier molecular flexibility index (Phi) is 6.53. The average Bonchev–Trinajstić information content (AvgIpc) is 2.89. The van der Waals surface area contributed by atoms with Crippen LogP contribution in [0.5, 0.6) is 5.75 Å². The van der Waals surface area contributed by atoms with Gasteiger partial charge in [-0.1, -0.05) is 29.8 Å². The molecule has 0 saturated carbocycles. The van der Waals surface area contributed by atoms with Crippen LogP contribution in [0.3, 0.4) is 0 Å². The normalized spacial score (nSPS) is 25.6. The number of nitrogens with zero attached hydrogens (tertiary/aromatic N) is 3. The van der Waals surface area contributed by atoms with Gasteiger partial charge in [-0.2, -0.15) is 0 Å². The van der Waals surface area contributed by atoms with E-state index in [1.165, 1.54) is 4.90 Å². The van der Waals surface area contributed by atoms with Crippen LogP contribution in [-0.4, -0.2) is 77.5 Å². The third-order valence-corrected chi connectivity index (χ3v) is 8.69. The molecular formula is C30H32N4O7. The van der Waals surface area contributed by atoms with Crippen molar-refractivity contribution in [2.45, 2.75) is 31.3 Å². The van der Waals surface area contributed by atoms with Gasteiger partial charge in [0, 0.05) is 36.8 Å². The third-order valence-electron chi connectivity index (χ3n) is 8.69. The molecule has 1 amide bonds. The zero-order chi connectivity index (χ0) is 30.1. The molecule has 0 spiro atoms. The Balaban J connectivity index is 1.78. The van der Waals surface area contributed by atoms with Crippen molar-refractivity contribution in [3.05, 3.63) is 74.6 Å². The van der Waals surface area contributed by atoms with Gasteiger partial charge in [0.25, 0.3) is 5.91 Å². The van der Waals surface area contributed by atoms with Crippen LogP contribution in [0.25, 0.3) is 11.1 Å². The fraction of sp³-hybridized carbons (Fsp3) is 0.367. The summed E-state index contributed by atoms with van der Waals surface area (Å²) >= 11 is 0. The number of hydrogen-bond acceptors (Lipinski definition) is 10. The number of rotatable bonds is 5. The average molecular weight is 561 g/mol. The lowest BCUT2D eigenvalue weighted by atomic mass is 9.57. The number of aliphatic hydroxyl groups excluding tert-OH is 2. The molecule has 0 bridgehead atoms. The highest BCUT2D eigenvalue weighted by Gasteiger charge is 2.65. The molecule has 0 saturated heterocycles. The summed E-state index contributed by atoms with van der Waals surface area (Å²) in [7, 11) is 6.79. The highest BCUT2D eigenvalue weighted by atomic mass is 16.3. The summed E-state index contributed by atoms with van der Waals surface area (Å²) in [5.74, 6) is -6.81. The topological polar surface area (TPSA) is 174 Å². The Bertz CT molecular complexity index is 1590. The number of carbonyl (C=O) groups is 3. The van der Waals surface area contributed by atoms with Crippen molar-refractivity contribution in [2.75, 3.05) is 33.1 Å². The standard InChI is InChI=1S/C30H32N4O7/c1-13-6-8-14(9-7-13)16-12-19(33(2)3)17-10-15-11-18-23(34(4)5)26(37)22(29(31)40)28(39)30(18,32-41)27(38)20(15)25(36)21(17)24(16)35/h6-9,12,15,18,23,35,37-38H,10-11H2,1-5H3,(H2,31,40)/t15-,18-,23-,30-/m0/s1. The minimum Gasteiger partial charge on any atom is -0.510 e. The Morgan fingerprint density at radius 2 is 1.71 bits per heavy atom. The van der Waals surface area contributed by atoms with E-state index in [1.54, 1.807) is 20.2 Å². The van der Waals surface area contributed by atoms with E-state index in [-0.39, 0.29) is 29.7 Å². The van der Waals surface area contributed by atoms with Crippen LogP contribution in [0, 0.1) is 23.7 Å². The fourth-order valence-corrected chi connectivity index (χ4v) is 6.80. The number of amides is 1. The van der Waals surface area contributed by atoms with Crippen molar-refractivity contribution in [3.8, 4) is 16.9 Å². The Morgan fingerprint density at radius 3 is 2.24 bits per heavy atom. The van der Waals surface area contributed by atoms with E-state index in [0.717, 1.165) is 5.56 Å². The predicted molar refractivity (Wildman–Crippen MR) is 152 cm³/mol. The van der Waals surface area contributed by atoms with E-state index in [2.05, 4.69) is 5.18 Å². The molecule has 0 aromatic heterocycles. The molecule has 2 aromatic rings. The number of primary amides is 1. The van der Waals surface area contributed by atoms with E-state index >= 15 is 0 Å². The molecule has 0 unspecified atom stereocenters. The molecule has 214 valence electrons. The molecule has 3 aliphatic carbocycles. The molecule has 0 radical (unpaired) electrons. The molecule has 2 aromatic carbocycles. The van der Waals surface area contributed by atoms with Crippen LogP contribution in [-0.2, 0) is 16.0 Å². The number of Topliss-reactive ketones (excluding diaryl/α,β-unsaturated/α-hetero) is 2. The molecule has 0 aliphatic heterocycles. The van der Waals surface area contributed by atoms with Gasteiger partial charge in [-0.3, -0.25) is 19.3 Å². The summed E-state index contributed by atoms with van der Waals surface area (Å²) in [6.07, 6.45) is 0.205. The van der Waals surface area contributed by atoms with Crippen molar-refractivity contribution < 1.29 is 29.7 Å². The van der Waals surface area contributed by atoms with Crippen LogP contribution in [0.2, 0.25) is 0 Å². The summed E-state index contributed by atoms with van der Waals surface area (Å²) in [6.45, 7) is 1.93. The maximum absolute atomic E-state index is 14.2.